The standard InChI is InChI=1S/C15H18ClN3O2/c1-14(2,3)13(20)15(4,19-10-17-9-18-19)21-12-7-5-11(16)6-8-12/h5-10H,1-4H3. The van der Waals surface area contributed by atoms with E-state index in [2.05, 4.69) is 10.1 Å². The molecule has 1 aromatic heterocycles. The molecule has 0 aliphatic rings. The summed E-state index contributed by atoms with van der Waals surface area (Å²) in [5.41, 5.74) is -1.87. The van der Waals surface area contributed by atoms with Crippen LogP contribution in [0.15, 0.2) is 36.9 Å². The Morgan fingerprint density at radius 3 is 2.29 bits per heavy atom. The summed E-state index contributed by atoms with van der Waals surface area (Å²) >= 11 is 5.87. The Labute approximate surface area is 128 Å². The number of aromatic nitrogens is 3. The maximum Gasteiger partial charge on any atom is 0.259 e. The SMILES string of the molecule is CC(C)(C)C(=O)C(C)(Oc1ccc(Cl)cc1)n1cncn1. The predicted molar refractivity (Wildman–Crippen MR) is 80.2 cm³/mol. The molecule has 1 aromatic carbocycles. The summed E-state index contributed by atoms with van der Waals surface area (Å²) in [6, 6.07) is 6.85. The molecule has 0 aliphatic heterocycles. The molecule has 0 radical (unpaired) electrons. The third-order valence-electron chi connectivity index (χ3n) is 3.09. The summed E-state index contributed by atoms with van der Waals surface area (Å²) in [4.78, 5) is 16.7. The van der Waals surface area contributed by atoms with Gasteiger partial charge >= 0.3 is 0 Å². The molecule has 0 spiro atoms. The van der Waals surface area contributed by atoms with Crippen LogP contribution in [-0.2, 0) is 10.5 Å². The second-order valence-electron chi connectivity index (χ2n) is 5.96. The fraction of sp³-hybridized carbons (Fsp3) is 0.400. The summed E-state index contributed by atoms with van der Waals surface area (Å²) in [7, 11) is 0. The van der Waals surface area contributed by atoms with Crippen LogP contribution in [0, 0.1) is 5.41 Å². The number of halogens is 1. The minimum absolute atomic E-state index is 0.101. The van der Waals surface area contributed by atoms with Crippen molar-refractivity contribution in [2.45, 2.75) is 33.4 Å². The van der Waals surface area contributed by atoms with Gasteiger partial charge in [0, 0.05) is 17.4 Å². The number of rotatable bonds is 4. The third kappa shape index (κ3) is 3.24. The number of hydrogen-bond acceptors (Lipinski definition) is 4. The van der Waals surface area contributed by atoms with Crippen molar-refractivity contribution in [2.24, 2.45) is 5.41 Å². The minimum atomic E-state index is -1.28. The van der Waals surface area contributed by atoms with Crippen molar-refractivity contribution >= 4 is 17.4 Å². The normalized spacial score (nSPS) is 14.5. The van der Waals surface area contributed by atoms with Gasteiger partial charge in [0.1, 0.15) is 18.4 Å². The van der Waals surface area contributed by atoms with Crippen LogP contribution in [-0.4, -0.2) is 20.5 Å². The lowest BCUT2D eigenvalue weighted by atomic mass is 9.85. The first kappa shape index (κ1) is 15.5. The number of nitrogens with zero attached hydrogens (tertiary/aromatic N) is 3. The third-order valence-corrected chi connectivity index (χ3v) is 3.34. The second-order valence-corrected chi connectivity index (χ2v) is 6.39. The zero-order valence-electron chi connectivity index (χ0n) is 12.5. The maximum absolute atomic E-state index is 12.8. The fourth-order valence-electron chi connectivity index (χ4n) is 2.05. The van der Waals surface area contributed by atoms with Crippen molar-refractivity contribution in [3.8, 4) is 5.75 Å². The highest BCUT2D eigenvalue weighted by Gasteiger charge is 2.44. The van der Waals surface area contributed by atoms with E-state index in [1.54, 1.807) is 31.2 Å². The van der Waals surface area contributed by atoms with Gasteiger partial charge in [-0.3, -0.25) is 4.79 Å². The summed E-state index contributed by atoms with van der Waals surface area (Å²) in [6.45, 7) is 7.21. The van der Waals surface area contributed by atoms with E-state index < -0.39 is 11.1 Å². The van der Waals surface area contributed by atoms with Crippen LogP contribution in [0.25, 0.3) is 0 Å². The first-order valence-electron chi connectivity index (χ1n) is 6.58. The Morgan fingerprint density at radius 2 is 1.81 bits per heavy atom. The van der Waals surface area contributed by atoms with Crippen LogP contribution in [0.1, 0.15) is 27.7 Å². The van der Waals surface area contributed by atoms with Crippen LogP contribution in [0.3, 0.4) is 0 Å². The molecule has 1 atom stereocenters. The van der Waals surface area contributed by atoms with E-state index in [0.717, 1.165) is 0 Å². The molecule has 6 heteroatoms. The quantitative estimate of drug-likeness (QED) is 0.869. The first-order valence-corrected chi connectivity index (χ1v) is 6.96. The van der Waals surface area contributed by atoms with Gasteiger partial charge in [-0.1, -0.05) is 32.4 Å². The highest BCUT2D eigenvalue weighted by atomic mass is 35.5. The minimum Gasteiger partial charge on any atom is -0.459 e. The topological polar surface area (TPSA) is 57.0 Å². The van der Waals surface area contributed by atoms with Crippen molar-refractivity contribution in [3.63, 3.8) is 0 Å². The molecule has 0 amide bonds. The van der Waals surface area contributed by atoms with E-state index in [-0.39, 0.29) is 5.78 Å². The lowest BCUT2D eigenvalue weighted by molar-refractivity contribution is -0.151. The number of hydrogen-bond donors (Lipinski definition) is 0. The van der Waals surface area contributed by atoms with Crippen molar-refractivity contribution in [3.05, 3.63) is 41.9 Å². The average Bonchev–Trinajstić information content (AvgIpc) is 2.94. The summed E-state index contributed by atoms with van der Waals surface area (Å²) in [5.74, 6) is 0.436. The number of ether oxygens (including phenoxy) is 1. The van der Waals surface area contributed by atoms with E-state index in [9.17, 15) is 4.79 Å². The van der Waals surface area contributed by atoms with Gasteiger partial charge in [0.15, 0.2) is 0 Å². The van der Waals surface area contributed by atoms with Crippen LogP contribution < -0.4 is 4.74 Å². The molecule has 0 saturated carbocycles. The number of carbonyl (C=O) groups excluding carboxylic acids is 1. The average molecular weight is 308 g/mol. The first-order chi connectivity index (χ1) is 9.73. The molecule has 5 nitrogen and oxygen atoms in total. The highest BCUT2D eigenvalue weighted by molar-refractivity contribution is 6.30. The molecule has 112 valence electrons. The fourth-order valence-corrected chi connectivity index (χ4v) is 2.18. The van der Waals surface area contributed by atoms with Crippen molar-refractivity contribution < 1.29 is 9.53 Å². The Morgan fingerprint density at radius 1 is 1.19 bits per heavy atom. The molecule has 1 heterocycles. The smallest absolute Gasteiger partial charge is 0.259 e. The molecule has 21 heavy (non-hydrogen) atoms. The number of benzene rings is 1. The van der Waals surface area contributed by atoms with Gasteiger partial charge in [0.05, 0.1) is 0 Å². The number of carbonyl (C=O) groups is 1. The lowest BCUT2D eigenvalue weighted by Gasteiger charge is -2.34. The summed E-state index contributed by atoms with van der Waals surface area (Å²) < 4.78 is 7.37. The van der Waals surface area contributed by atoms with E-state index in [1.165, 1.54) is 17.3 Å². The molecule has 0 aliphatic carbocycles. The van der Waals surface area contributed by atoms with Gasteiger partial charge in [-0.25, -0.2) is 9.67 Å². The monoisotopic (exact) mass is 307 g/mol. The number of ketones is 1. The van der Waals surface area contributed by atoms with Gasteiger partial charge in [-0.05, 0) is 24.3 Å². The summed E-state index contributed by atoms with van der Waals surface area (Å²) in [6.07, 6.45) is 2.85. The molecule has 2 aromatic rings. The zero-order valence-corrected chi connectivity index (χ0v) is 13.3. The molecule has 0 fully saturated rings. The van der Waals surface area contributed by atoms with Crippen LogP contribution in [0.4, 0.5) is 0 Å². The zero-order chi connectivity index (χ0) is 15.7. The molecule has 0 saturated heterocycles. The molecular formula is C15H18ClN3O2. The van der Waals surface area contributed by atoms with E-state index >= 15 is 0 Å². The van der Waals surface area contributed by atoms with E-state index in [1.807, 2.05) is 20.8 Å². The van der Waals surface area contributed by atoms with Crippen LogP contribution in [0.2, 0.25) is 5.02 Å². The molecular weight excluding hydrogens is 290 g/mol. The van der Waals surface area contributed by atoms with Crippen LogP contribution in [0.5, 0.6) is 5.75 Å². The van der Waals surface area contributed by atoms with Gasteiger partial charge in [-0.15, -0.1) is 0 Å². The van der Waals surface area contributed by atoms with Crippen molar-refractivity contribution in [2.75, 3.05) is 0 Å². The second kappa shape index (κ2) is 5.48. The maximum atomic E-state index is 12.8. The highest BCUT2D eigenvalue weighted by Crippen LogP contribution is 2.31. The Bertz CT molecular complexity index is 617. The van der Waals surface area contributed by atoms with Crippen LogP contribution >= 0.6 is 11.6 Å². The Balaban J connectivity index is 2.42. The largest absolute Gasteiger partial charge is 0.459 e. The van der Waals surface area contributed by atoms with Gasteiger partial charge < -0.3 is 4.74 Å². The molecule has 0 bridgehead atoms. The molecule has 2 rings (SSSR count). The van der Waals surface area contributed by atoms with E-state index in [4.69, 9.17) is 16.3 Å². The van der Waals surface area contributed by atoms with Crippen molar-refractivity contribution in [1.29, 1.82) is 0 Å². The van der Waals surface area contributed by atoms with Crippen molar-refractivity contribution in [1.82, 2.24) is 14.8 Å². The summed E-state index contributed by atoms with van der Waals surface area (Å²) in [5, 5.41) is 4.67. The van der Waals surface area contributed by atoms with Gasteiger partial charge in [0.2, 0.25) is 5.78 Å². The lowest BCUT2D eigenvalue weighted by Crippen LogP contribution is -2.50. The van der Waals surface area contributed by atoms with Gasteiger partial charge in [-0.2, -0.15) is 5.10 Å². The van der Waals surface area contributed by atoms with E-state index in [0.29, 0.717) is 10.8 Å². The molecule has 1 unspecified atom stereocenters. The predicted octanol–water partition coefficient (Wildman–Crippen LogP) is 3.30. The molecule has 0 N–H and O–H groups in total. The number of Topliss-reactive ketones (excluding diaryl/α,β-unsaturated/α-hetero) is 1. The van der Waals surface area contributed by atoms with Gasteiger partial charge in [0.25, 0.3) is 5.72 Å². The Hall–Kier alpha value is -1.88. The Kier molecular flexibility index (Phi) is 4.05.